The molecule has 2 aromatic carbocycles. The summed E-state index contributed by atoms with van der Waals surface area (Å²) >= 11 is 0. The number of nitrogens with zero attached hydrogens (tertiary/aromatic N) is 3. The maximum atomic E-state index is 15.1. The van der Waals surface area contributed by atoms with E-state index in [0.29, 0.717) is 24.7 Å². The van der Waals surface area contributed by atoms with Gasteiger partial charge in [-0.1, -0.05) is 12.1 Å². The number of amides is 1. The van der Waals surface area contributed by atoms with Gasteiger partial charge in [0.2, 0.25) is 15.9 Å². The van der Waals surface area contributed by atoms with E-state index in [1.807, 2.05) is 0 Å². The summed E-state index contributed by atoms with van der Waals surface area (Å²) in [6, 6.07) is 10.3. The molecule has 45 heavy (non-hydrogen) atoms. The van der Waals surface area contributed by atoms with Crippen LogP contribution in [0.2, 0.25) is 0 Å². The van der Waals surface area contributed by atoms with E-state index in [4.69, 9.17) is 5.73 Å². The summed E-state index contributed by atoms with van der Waals surface area (Å²) in [6.07, 6.45) is 3.42. The lowest BCUT2D eigenvalue weighted by atomic mass is 9.88. The fourth-order valence-electron chi connectivity index (χ4n) is 5.41. The first-order valence-corrected chi connectivity index (χ1v) is 15.5. The number of carbonyl (C=O) groups is 1. The van der Waals surface area contributed by atoms with Crippen LogP contribution >= 0.6 is 0 Å². The van der Waals surface area contributed by atoms with Crippen molar-refractivity contribution in [1.29, 1.82) is 0 Å². The van der Waals surface area contributed by atoms with E-state index in [9.17, 15) is 26.4 Å². The molecule has 2 aromatic heterocycles. The fourth-order valence-corrected chi connectivity index (χ4v) is 7.01. The molecular weight excluding hydrogens is 612 g/mol. The highest BCUT2D eigenvalue weighted by atomic mass is 32.2. The number of rotatable bonds is 10. The van der Waals surface area contributed by atoms with E-state index in [2.05, 4.69) is 20.6 Å². The van der Waals surface area contributed by atoms with Gasteiger partial charge in [0.15, 0.2) is 0 Å². The summed E-state index contributed by atoms with van der Waals surface area (Å²) in [5, 5.41) is 5.82. The molecule has 1 aliphatic rings. The molecule has 0 aliphatic carbocycles. The first-order valence-electron chi connectivity index (χ1n) is 14.1. The van der Waals surface area contributed by atoms with Gasteiger partial charge in [-0.05, 0) is 60.4 Å². The lowest BCUT2D eigenvalue weighted by Gasteiger charge is -2.35. The number of pyridine rings is 2. The Morgan fingerprint density at radius 1 is 0.978 bits per heavy atom. The Morgan fingerprint density at radius 3 is 2.40 bits per heavy atom. The minimum absolute atomic E-state index is 0.0134. The summed E-state index contributed by atoms with van der Waals surface area (Å²) in [5.74, 6) is -4.17. The molecule has 1 fully saturated rings. The van der Waals surface area contributed by atoms with E-state index >= 15 is 4.39 Å². The van der Waals surface area contributed by atoms with Gasteiger partial charge in [0, 0.05) is 55.8 Å². The number of nitrogens with two attached hydrogens (primary N) is 1. The largest absolute Gasteiger partial charge is 0.384 e. The maximum Gasteiger partial charge on any atom is 0.244 e. The third-order valence-corrected chi connectivity index (χ3v) is 9.55. The normalized spacial score (nSPS) is 16.3. The smallest absolute Gasteiger partial charge is 0.244 e. The van der Waals surface area contributed by atoms with E-state index in [0.717, 1.165) is 18.3 Å². The number of nitrogen functional groups attached to an aromatic ring is 1. The van der Waals surface area contributed by atoms with E-state index in [1.54, 1.807) is 0 Å². The van der Waals surface area contributed by atoms with Gasteiger partial charge in [-0.15, -0.1) is 0 Å². The number of nitrogens with one attached hydrogen (secondary N) is 2. The third kappa shape index (κ3) is 7.64. The number of anilines is 2. The summed E-state index contributed by atoms with van der Waals surface area (Å²) in [5.41, 5.74) is 6.40. The minimum atomic E-state index is -3.92. The van der Waals surface area contributed by atoms with E-state index < -0.39 is 51.2 Å². The monoisotopic (exact) mass is 642 g/mol. The molecule has 9 nitrogen and oxygen atoms in total. The van der Waals surface area contributed by atoms with Crippen molar-refractivity contribution in [1.82, 2.24) is 19.6 Å². The first-order chi connectivity index (χ1) is 21.5. The van der Waals surface area contributed by atoms with Crippen molar-refractivity contribution in [2.24, 2.45) is 0 Å². The van der Waals surface area contributed by atoms with Crippen LogP contribution in [0, 0.1) is 23.3 Å². The Balaban J connectivity index is 1.35. The molecule has 4 N–H and O–H groups in total. The number of carbonyl (C=O) groups excluding carboxylic acids is 1. The highest BCUT2D eigenvalue weighted by Crippen LogP contribution is 2.31. The number of hydrogen-bond acceptors (Lipinski definition) is 7. The molecule has 14 heteroatoms. The average molecular weight is 643 g/mol. The Labute approximate surface area is 257 Å². The summed E-state index contributed by atoms with van der Waals surface area (Å²) < 4.78 is 85.1. The number of sulfonamides is 1. The zero-order valence-corrected chi connectivity index (χ0v) is 24.7. The molecule has 0 bridgehead atoms. The Kier molecular flexibility index (Phi) is 9.75. The summed E-state index contributed by atoms with van der Waals surface area (Å²) in [6.45, 7) is 0.929. The Morgan fingerprint density at radius 2 is 1.71 bits per heavy atom. The lowest BCUT2D eigenvalue weighted by molar-refractivity contribution is -0.116. The fraction of sp³-hybridized carbons (Fsp3) is 0.258. The number of aromatic nitrogens is 2. The highest BCUT2D eigenvalue weighted by Gasteiger charge is 2.34. The number of benzene rings is 2. The molecule has 3 heterocycles. The maximum absolute atomic E-state index is 15.1. The van der Waals surface area contributed by atoms with Gasteiger partial charge in [-0.2, -0.15) is 4.31 Å². The second-order valence-corrected chi connectivity index (χ2v) is 12.5. The highest BCUT2D eigenvalue weighted by molar-refractivity contribution is 7.89. The van der Waals surface area contributed by atoms with Crippen LogP contribution < -0.4 is 16.4 Å². The van der Waals surface area contributed by atoms with Gasteiger partial charge < -0.3 is 16.4 Å². The van der Waals surface area contributed by atoms with Crippen molar-refractivity contribution < 1.29 is 30.8 Å². The van der Waals surface area contributed by atoms with Crippen molar-refractivity contribution >= 4 is 27.4 Å². The predicted octanol–water partition coefficient (Wildman–Crippen LogP) is 4.37. The second kappa shape index (κ2) is 13.7. The number of piperazine rings is 1. The van der Waals surface area contributed by atoms with Crippen LogP contribution in [0.1, 0.15) is 35.4 Å². The molecule has 2 atom stereocenters. The zero-order chi connectivity index (χ0) is 32.1. The topological polar surface area (TPSA) is 130 Å². The zero-order valence-electron chi connectivity index (χ0n) is 23.9. The van der Waals surface area contributed by atoms with Crippen molar-refractivity contribution in [3.8, 4) is 0 Å². The minimum Gasteiger partial charge on any atom is -0.384 e. The van der Waals surface area contributed by atoms with Gasteiger partial charge in [0.05, 0.1) is 18.1 Å². The summed E-state index contributed by atoms with van der Waals surface area (Å²) in [4.78, 5) is 21.0. The molecule has 1 amide bonds. The van der Waals surface area contributed by atoms with Gasteiger partial charge in [-0.3, -0.25) is 9.78 Å². The average Bonchev–Trinajstić information content (AvgIpc) is 3.00. The van der Waals surface area contributed by atoms with Crippen LogP contribution in [0.5, 0.6) is 0 Å². The van der Waals surface area contributed by atoms with Gasteiger partial charge >= 0.3 is 0 Å². The summed E-state index contributed by atoms with van der Waals surface area (Å²) in [7, 11) is -3.92. The predicted molar refractivity (Wildman–Crippen MR) is 160 cm³/mol. The van der Waals surface area contributed by atoms with Gasteiger partial charge in [0.25, 0.3) is 0 Å². The molecule has 1 saturated heterocycles. The van der Waals surface area contributed by atoms with Crippen LogP contribution in [0.3, 0.4) is 0 Å². The second-order valence-electron chi connectivity index (χ2n) is 10.6. The lowest BCUT2D eigenvalue weighted by Crippen LogP contribution is -2.53. The van der Waals surface area contributed by atoms with Crippen molar-refractivity contribution in [3.63, 3.8) is 0 Å². The van der Waals surface area contributed by atoms with Crippen molar-refractivity contribution in [2.75, 3.05) is 30.7 Å². The quantitative estimate of drug-likeness (QED) is 0.219. The number of halogens is 4. The standard InChI is InChI=1S/C31H30F4N6O3S/c32-21-3-1-19(2-4-21)27(20-11-22(33)13-23(34)12-20)14-31(42)40-29-18-38-17-28(35)26(29)7-5-24-15-37-9-10-41(24)45(43,44)25-6-8-30(36)39-16-25/h1-4,6,8,11-13,16-18,24,27,37H,5,7,9-10,14-15H2,(H2,36,39)(H,40,42)/t24-,27-/m0/s1. The van der Waals surface area contributed by atoms with Crippen LogP contribution in [-0.4, -0.2) is 54.3 Å². The van der Waals surface area contributed by atoms with Crippen LogP contribution in [-0.2, 0) is 21.2 Å². The van der Waals surface area contributed by atoms with Crippen LogP contribution in [0.4, 0.5) is 29.1 Å². The Bertz CT molecular complexity index is 1760. The molecule has 0 spiro atoms. The SMILES string of the molecule is Nc1ccc(S(=O)(=O)N2CCNC[C@@H]2CCc2c(F)cncc2NC(=O)C[C@@H](c2ccc(F)cc2)c2cc(F)cc(F)c2)cn1. The molecule has 0 unspecified atom stereocenters. The number of hydrogen-bond donors (Lipinski definition) is 3. The van der Waals surface area contributed by atoms with E-state index in [1.165, 1.54) is 53.1 Å². The van der Waals surface area contributed by atoms with Crippen LogP contribution in [0.25, 0.3) is 0 Å². The first kappa shape index (κ1) is 32.0. The molecule has 1 aliphatic heterocycles. The molecule has 0 saturated carbocycles. The van der Waals surface area contributed by atoms with Crippen molar-refractivity contribution in [2.45, 2.75) is 36.1 Å². The van der Waals surface area contributed by atoms with Gasteiger partial charge in [-0.25, -0.2) is 31.0 Å². The molecule has 236 valence electrons. The molecular formula is C31H30F4N6O3S. The molecule has 0 radical (unpaired) electrons. The third-order valence-electron chi connectivity index (χ3n) is 7.62. The molecule has 4 aromatic rings. The van der Waals surface area contributed by atoms with Gasteiger partial charge in [0.1, 0.15) is 34.0 Å². The van der Waals surface area contributed by atoms with E-state index in [-0.39, 0.29) is 53.3 Å². The Hall–Kier alpha value is -4.40. The van der Waals surface area contributed by atoms with Crippen LogP contribution in [0.15, 0.2) is 78.1 Å². The molecule has 5 rings (SSSR count). The van der Waals surface area contributed by atoms with Crippen molar-refractivity contribution in [3.05, 3.63) is 113 Å².